The molecule has 3 heteroatoms. The number of amides is 1. The van der Waals surface area contributed by atoms with E-state index >= 15 is 0 Å². The molecule has 0 aromatic heterocycles. The van der Waals surface area contributed by atoms with Crippen molar-refractivity contribution in [1.29, 1.82) is 0 Å². The van der Waals surface area contributed by atoms with E-state index in [1.54, 1.807) is 4.90 Å². The summed E-state index contributed by atoms with van der Waals surface area (Å²) < 4.78 is 0. The summed E-state index contributed by atoms with van der Waals surface area (Å²) in [7, 11) is 0. The Bertz CT molecular complexity index is 426. The van der Waals surface area contributed by atoms with Gasteiger partial charge in [0.05, 0.1) is 6.54 Å². The van der Waals surface area contributed by atoms with E-state index in [-0.39, 0.29) is 18.2 Å². The minimum atomic E-state index is 0.0355. The van der Waals surface area contributed by atoms with Gasteiger partial charge >= 0.3 is 0 Å². The van der Waals surface area contributed by atoms with E-state index in [1.165, 1.54) is 0 Å². The highest BCUT2D eigenvalue weighted by Crippen LogP contribution is 2.13. The van der Waals surface area contributed by atoms with Crippen LogP contribution < -0.4 is 0 Å². The van der Waals surface area contributed by atoms with Gasteiger partial charge in [-0.3, -0.25) is 9.59 Å². The Morgan fingerprint density at radius 2 is 2.12 bits per heavy atom. The highest BCUT2D eigenvalue weighted by atomic mass is 16.2. The Morgan fingerprint density at radius 1 is 1.38 bits per heavy atom. The number of Topliss-reactive ketones (excluding diaryl/α,β-unsaturated/α-hetero) is 1. The molecule has 0 unspecified atom stereocenters. The first-order valence-electron chi connectivity index (χ1n) is 5.55. The fraction of sp³-hybridized carbons (Fsp3) is 0.385. The fourth-order valence-corrected chi connectivity index (χ4v) is 2.02. The number of aryl methyl sites for hydroxylation is 1. The number of hydrogen-bond donors (Lipinski definition) is 0. The number of hydrogen-bond acceptors (Lipinski definition) is 2. The lowest BCUT2D eigenvalue weighted by molar-refractivity contribution is -0.127. The van der Waals surface area contributed by atoms with Crippen molar-refractivity contribution in [3.63, 3.8) is 0 Å². The molecule has 1 aliphatic rings. The van der Waals surface area contributed by atoms with Gasteiger partial charge in [-0.1, -0.05) is 24.3 Å². The Kier molecular flexibility index (Phi) is 3.04. The first-order valence-corrected chi connectivity index (χ1v) is 5.55. The maximum atomic E-state index is 12.0. The molecule has 3 nitrogen and oxygen atoms in total. The molecule has 0 bridgehead atoms. The largest absolute Gasteiger partial charge is 0.335 e. The van der Waals surface area contributed by atoms with Gasteiger partial charge in [0.15, 0.2) is 5.78 Å². The summed E-state index contributed by atoms with van der Waals surface area (Å²) in [5.74, 6) is 0.135. The third-order valence-corrected chi connectivity index (χ3v) is 2.95. The highest BCUT2D eigenvalue weighted by molar-refractivity contribution is 6.00. The molecule has 0 N–H and O–H groups in total. The second-order valence-corrected chi connectivity index (χ2v) is 4.16. The van der Waals surface area contributed by atoms with E-state index in [9.17, 15) is 9.59 Å². The Morgan fingerprint density at radius 3 is 2.75 bits per heavy atom. The van der Waals surface area contributed by atoms with E-state index in [0.29, 0.717) is 6.42 Å². The fourth-order valence-electron chi connectivity index (χ4n) is 2.02. The van der Waals surface area contributed by atoms with Crippen LogP contribution in [0.25, 0.3) is 0 Å². The lowest BCUT2D eigenvalue weighted by atomic mass is 10.0. The van der Waals surface area contributed by atoms with Crippen LogP contribution in [0.2, 0.25) is 0 Å². The van der Waals surface area contributed by atoms with Crippen LogP contribution in [0.15, 0.2) is 24.3 Å². The number of carbonyl (C=O) groups excluding carboxylic acids is 2. The molecule has 0 radical (unpaired) electrons. The Hall–Kier alpha value is -1.64. The van der Waals surface area contributed by atoms with Gasteiger partial charge in [0, 0.05) is 18.5 Å². The number of nitrogens with zero attached hydrogens (tertiary/aromatic N) is 1. The molecule has 1 aromatic carbocycles. The van der Waals surface area contributed by atoms with Crippen LogP contribution in [-0.2, 0) is 4.79 Å². The first-order chi connectivity index (χ1) is 7.68. The molecule has 1 aromatic rings. The van der Waals surface area contributed by atoms with Crippen molar-refractivity contribution in [2.45, 2.75) is 19.8 Å². The smallest absolute Gasteiger partial charge is 0.223 e. The van der Waals surface area contributed by atoms with E-state index in [4.69, 9.17) is 0 Å². The average molecular weight is 217 g/mol. The van der Waals surface area contributed by atoms with Crippen LogP contribution in [0, 0.1) is 6.92 Å². The topological polar surface area (TPSA) is 37.4 Å². The monoisotopic (exact) mass is 217 g/mol. The van der Waals surface area contributed by atoms with Gasteiger partial charge in [-0.2, -0.15) is 0 Å². The van der Waals surface area contributed by atoms with Crippen molar-refractivity contribution in [2.24, 2.45) is 0 Å². The van der Waals surface area contributed by atoms with Gasteiger partial charge in [0.1, 0.15) is 0 Å². The van der Waals surface area contributed by atoms with Gasteiger partial charge in [-0.15, -0.1) is 0 Å². The number of ketones is 1. The van der Waals surface area contributed by atoms with Gasteiger partial charge in [0.2, 0.25) is 5.91 Å². The zero-order chi connectivity index (χ0) is 11.5. The maximum absolute atomic E-state index is 12.0. The molecule has 1 amide bonds. The molecule has 0 aliphatic carbocycles. The molecule has 0 saturated carbocycles. The Balaban J connectivity index is 2.09. The summed E-state index contributed by atoms with van der Waals surface area (Å²) in [5.41, 5.74) is 1.70. The molecule has 1 fully saturated rings. The van der Waals surface area contributed by atoms with Crippen molar-refractivity contribution >= 4 is 11.7 Å². The van der Waals surface area contributed by atoms with E-state index in [0.717, 1.165) is 24.1 Å². The lowest BCUT2D eigenvalue weighted by Crippen LogP contribution is -2.31. The van der Waals surface area contributed by atoms with Crippen molar-refractivity contribution in [2.75, 3.05) is 13.1 Å². The van der Waals surface area contributed by atoms with Crippen LogP contribution >= 0.6 is 0 Å². The molecule has 16 heavy (non-hydrogen) atoms. The van der Waals surface area contributed by atoms with Gasteiger partial charge < -0.3 is 4.90 Å². The van der Waals surface area contributed by atoms with E-state index in [2.05, 4.69) is 0 Å². The van der Waals surface area contributed by atoms with Crippen LogP contribution in [0.4, 0.5) is 0 Å². The second-order valence-electron chi connectivity index (χ2n) is 4.16. The number of rotatable bonds is 3. The van der Waals surface area contributed by atoms with Crippen molar-refractivity contribution in [3.8, 4) is 0 Å². The summed E-state index contributed by atoms with van der Waals surface area (Å²) in [5, 5.41) is 0. The van der Waals surface area contributed by atoms with Crippen molar-refractivity contribution in [1.82, 2.24) is 4.90 Å². The zero-order valence-electron chi connectivity index (χ0n) is 9.40. The quantitative estimate of drug-likeness (QED) is 0.724. The molecule has 0 atom stereocenters. The third kappa shape index (κ3) is 2.13. The predicted octanol–water partition coefficient (Wildman–Crippen LogP) is 1.80. The summed E-state index contributed by atoms with van der Waals surface area (Å²) >= 11 is 0. The maximum Gasteiger partial charge on any atom is 0.223 e. The molecule has 2 rings (SSSR count). The first kappa shape index (κ1) is 10.9. The SMILES string of the molecule is Cc1ccccc1C(=O)CN1CCCC1=O. The summed E-state index contributed by atoms with van der Waals surface area (Å²) in [4.78, 5) is 25.0. The normalized spacial score (nSPS) is 15.6. The van der Waals surface area contributed by atoms with E-state index < -0.39 is 0 Å². The molecular weight excluding hydrogens is 202 g/mol. The molecule has 0 spiro atoms. The highest BCUT2D eigenvalue weighted by Gasteiger charge is 2.23. The third-order valence-electron chi connectivity index (χ3n) is 2.95. The molecule has 84 valence electrons. The molecule has 1 saturated heterocycles. The molecular formula is C13H15NO2. The van der Waals surface area contributed by atoms with Gasteiger partial charge in [0.25, 0.3) is 0 Å². The number of benzene rings is 1. The number of carbonyl (C=O) groups is 2. The van der Waals surface area contributed by atoms with Crippen molar-refractivity contribution in [3.05, 3.63) is 35.4 Å². The van der Waals surface area contributed by atoms with Crippen LogP contribution in [0.5, 0.6) is 0 Å². The van der Waals surface area contributed by atoms with Crippen LogP contribution in [0.3, 0.4) is 0 Å². The lowest BCUT2D eigenvalue weighted by Gasteiger charge is -2.14. The minimum Gasteiger partial charge on any atom is -0.335 e. The zero-order valence-corrected chi connectivity index (χ0v) is 9.40. The van der Waals surface area contributed by atoms with Gasteiger partial charge in [-0.25, -0.2) is 0 Å². The molecule has 1 heterocycles. The summed E-state index contributed by atoms with van der Waals surface area (Å²) in [6.45, 7) is 2.86. The number of likely N-dealkylation sites (tertiary alicyclic amines) is 1. The summed E-state index contributed by atoms with van der Waals surface area (Å²) in [6.07, 6.45) is 1.46. The Labute approximate surface area is 95.1 Å². The second kappa shape index (κ2) is 4.47. The van der Waals surface area contributed by atoms with Crippen LogP contribution in [0.1, 0.15) is 28.8 Å². The van der Waals surface area contributed by atoms with Crippen LogP contribution in [-0.4, -0.2) is 29.7 Å². The van der Waals surface area contributed by atoms with Gasteiger partial charge in [-0.05, 0) is 18.9 Å². The minimum absolute atomic E-state index is 0.0355. The standard InChI is InChI=1S/C13H15NO2/c1-10-5-2-3-6-11(10)12(15)9-14-8-4-7-13(14)16/h2-3,5-6H,4,7-9H2,1H3. The predicted molar refractivity (Wildman–Crippen MR) is 61.3 cm³/mol. The molecule has 1 aliphatic heterocycles. The van der Waals surface area contributed by atoms with E-state index in [1.807, 2.05) is 31.2 Å². The summed E-state index contributed by atoms with van der Waals surface area (Å²) in [6, 6.07) is 7.50. The van der Waals surface area contributed by atoms with Crippen molar-refractivity contribution < 1.29 is 9.59 Å². The average Bonchev–Trinajstić information content (AvgIpc) is 2.65.